The second kappa shape index (κ2) is 8.09. The molecule has 0 aromatic heterocycles. The molecule has 6 heteroatoms. The van der Waals surface area contributed by atoms with E-state index >= 15 is 0 Å². The summed E-state index contributed by atoms with van der Waals surface area (Å²) in [5.41, 5.74) is 0. The standard InChI is InChI=1S/C12H26N2O3S/c1-11(2)17-10-4-3-7-14-18(15,16)12-5-8-13-9-6-12/h11-14H,3-10H2,1-2H3. The third-order valence-corrected chi connectivity index (χ3v) is 5.01. The van der Waals surface area contributed by atoms with Gasteiger partial charge in [-0.25, -0.2) is 13.1 Å². The molecule has 0 aromatic rings. The molecule has 0 amide bonds. The van der Waals surface area contributed by atoms with Crippen LogP contribution < -0.4 is 10.0 Å². The SMILES string of the molecule is CC(C)OCCCCNS(=O)(=O)C1CCNCC1. The molecule has 108 valence electrons. The Kier molecular flexibility index (Phi) is 7.14. The summed E-state index contributed by atoms with van der Waals surface area (Å²) in [6.45, 7) is 6.82. The Balaban J connectivity index is 2.13. The van der Waals surface area contributed by atoms with Crippen LogP contribution >= 0.6 is 0 Å². The third-order valence-electron chi connectivity index (χ3n) is 3.05. The molecular formula is C12H26N2O3S. The highest BCUT2D eigenvalue weighted by Gasteiger charge is 2.26. The van der Waals surface area contributed by atoms with Gasteiger partial charge in [0.2, 0.25) is 10.0 Å². The molecular weight excluding hydrogens is 252 g/mol. The van der Waals surface area contributed by atoms with Crippen molar-refractivity contribution in [3.05, 3.63) is 0 Å². The highest BCUT2D eigenvalue weighted by Crippen LogP contribution is 2.11. The maximum absolute atomic E-state index is 12.0. The lowest BCUT2D eigenvalue weighted by Gasteiger charge is -2.22. The van der Waals surface area contributed by atoms with Crippen LogP contribution in [0.4, 0.5) is 0 Å². The van der Waals surface area contributed by atoms with Crippen LogP contribution in [0.2, 0.25) is 0 Å². The van der Waals surface area contributed by atoms with Gasteiger partial charge in [0.25, 0.3) is 0 Å². The lowest BCUT2D eigenvalue weighted by molar-refractivity contribution is 0.0762. The maximum Gasteiger partial charge on any atom is 0.214 e. The summed E-state index contributed by atoms with van der Waals surface area (Å²) >= 11 is 0. The summed E-state index contributed by atoms with van der Waals surface area (Å²) in [6.07, 6.45) is 3.40. The molecule has 0 unspecified atom stereocenters. The van der Waals surface area contributed by atoms with Crippen molar-refractivity contribution < 1.29 is 13.2 Å². The summed E-state index contributed by atoms with van der Waals surface area (Å²) in [6, 6.07) is 0. The molecule has 18 heavy (non-hydrogen) atoms. The van der Waals surface area contributed by atoms with Gasteiger partial charge in [0.1, 0.15) is 0 Å². The van der Waals surface area contributed by atoms with Crippen molar-refractivity contribution in [3.8, 4) is 0 Å². The van der Waals surface area contributed by atoms with E-state index in [4.69, 9.17) is 4.74 Å². The second-order valence-corrected chi connectivity index (χ2v) is 7.06. The average molecular weight is 278 g/mol. The number of ether oxygens (including phenoxy) is 1. The van der Waals surface area contributed by atoms with Crippen LogP contribution in [0.5, 0.6) is 0 Å². The Hall–Kier alpha value is -0.170. The van der Waals surface area contributed by atoms with Crippen LogP contribution in [0.1, 0.15) is 39.5 Å². The fraction of sp³-hybridized carbons (Fsp3) is 1.00. The Morgan fingerprint density at radius 2 is 1.94 bits per heavy atom. The molecule has 1 fully saturated rings. The van der Waals surface area contributed by atoms with Crippen molar-refractivity contribution >= 4 is 10.0 Å². The first-order valence-electron chi connectivity index (χ1n) is 6.83. The molecule has 2 N–H and O–H groups in total. The molecule has 0 bridgehead atoms. The van der Waals surface area contributed by atoms with Crippen molar-refractivity contribution in [1.82, 2.24) is 10.0 Å². The molecule has 1 rings (SSSR count). The van der Waals surface area contributed by atoms with Gasteiger partial charge in [-0.05, 0) is 52.6 Å². The molecule has 5 nitrogen and oxygen atoms in total. The van der Waals surface area contributed by atoms with E-state index in [1.54, 1.807) is 0 Å². The van der Waals surface area contributed by atoms with Crippen LogP contribution in [0.3, 0.4) is 0 Å². The molecule has 0 saturated carbocycles. The Labute approximate surface area is 111 Å². The zero-order valence-electron chi connectivity index (χ0n) is 11.4. The van der Waals surface area contributed by atoms with Gasteiger partial charge in [-0.2, -0.15) is 0 Å². The van der Waals surface area contributed by atoms with Gasteiger partial charge in [0.05, 0.1) is 11.4 Å². The van der Waals surface area contributed by atoms with Crippen LogP contribution in [-0.2, 0) is 14.8 Å². The van der Waals surface area contributed by atoms with E-state index in [0.717, 1.165) is 25.9 Å². The van der Waals surface area contributed by atoms with Gasteiger partial charge < -0.3 is 10.1 Å². The van der Waals surface area contributed by atoms with E-state index in [9.17, 15) is 8.42 Å². The van der Waals surface area contributed by atoms with E-state index in [1.807, 2.05) is 13.8 Å². The normalized spacial score (nSPS) is 18.4. The quantitative estimate of drug-likeness (QED) is 0.646. The average Bonchev–Trinajstić information content (AvgIpc) is 2.34. The summed E-state index contributed by atoms with van der Waals surface area (Å²) < 4.78 is 32.0. The van der Waals surface area contributed by atoms with Gasteiger partial charge >= 0.3 is 0 Å². The number of sulfonamides is 1. The highest BCUT2D eigenvalue weighted by molar-refractivity contribution is 7.90. The lowest BCUT2D eigenvalue weighted by atomic mass is 10.2. The molecule has 0 atom stereocenters. The summed E-state index contributed by atoms with van der Waals surface area (Å²) in [5.74, 6) is 0. The second-order valence-electron chi connectivity index (χ2n) is 5.02. The molecule has 1 saturated heterocycles. The van der Waals surface area contributed by atoms with E-state index in [0.29, 0.717) is 26.0 Å². The number of rotatable bonds is 8. The summed E-state index contributed by atoms with van der Waals surface area (Å²) in [7, 11) is -3.12. The number of piperidine rings is 1. The Bertz CT molecular complexity index is 311. The summed E-state index contributed by atoms with van der Waals surface area (Å²) in [5, 5.41) is 2.96. The van der Waals surface area contributed by atoms with Crippen molar-refractivity contribution in [2.24, 2.45) is 0 Å². The first kappa shape index (κ1) is 15.9. The minimum Gasteiger partial charge on any atom is -0.379 e. The maximum atomic E-state index is 12.0. The third kappa shape index (κ3) is 6.13. The van der Waals surface area contributed by atoms with E-state index < -0.39 is 10.0 Å². The van der Waals surface area contributed by atoms with Crippen molar-refractivity contribution in [1.29, 1.82) is 0 Å². The van der Waals surface area contributed by atoms with Crippen LogP contribution in [0.15, 0.2) is 0 Å². The molecule has 0 aliphatic carbocycles. The fourth-order valence-electron chi connectivity index (χ4n) is 1.98. The molecule has 0 aromatic carbocycles. The monoisotopic (exact) mass is 278 g/mol. The lowest BCUT2D eigenvalue weighted by Crippen LogP contribution is -2.41. The molecule has 1 aliphatic heterocycles. The van der Waals surface area contributed by atoms with E-state index in [1.165, 1.54) is 0 Å². The highest BCUT2D eigenvalue weighted by atomic mass is 32.2. The van der Waals surface area contributed by atoms with Crippen LogP contribution in [0, 0.1) is 0 Å². The molecule has 1 heterocycles. The van der Waals surface area contributed by atoms with Gasteiger partial charge in [-0.1, -0.05) is 0 Å². The predicted molar refractivity (Wildman–Crippen MR) is 73.1 cm³/mol. The van der Waals surface area contributed by atoms with Crippen molar-refractivity contribution in [2.45, 2.75) is 50.9 Å². The Morgan fingerprint density at radius 1 is 1.28 bits per heavy atom. The van der Waals surface area contributed by atoms with E-state index in [2.05, 4.69) is 10.0 Å². The number of nitrogens with one attached hydrogen (secondary N) is 2. The van der Waals surface area contributed by atoms with Gasteiger partial charge in [0, 0.05) is 13.2 Å². The van der Waals surface area contributed by atoms with E-state index in [-0.39, 0.29) is 11.4 Å². The number of unbranched alkanes of at least 4 members (excludes halogenated alkanes) is 1. The fourth-order valence-corrected chi connectivity index (χ4v) is 3.50. The van der Waals surface area contributed by atoms with Gasteiger partial charge in [0.15, 0.2) is 0 Å². The Morgan fingerprint density at radius 3 is 2.56 bits per heavy atom. The minimum absolute atomic E-state index is 0.217. The van der Waals surface area contributed by atoms with Gasteiger partial charge in [-0.15, -0.1) is 0 Å². The number of hydrogen-bond donors (Lipinski definition) is 2. The van der Waals surface area contributed by atoms with Crippen LogP contribution in [0.25, 0.3) is 0 Å². The van der Waals surface area contributed by atoms with Crippen molar-refractivity contribution in [3.63, 3.8) is 0 Å². The zero-order valence-corrected chi connectivity index (χ0v) is 12.3. The summed E-state index contributed by atoms with van der Waals surface area (Å²) in [4.78, 5) is 0. The van der Waals surface area contributed by atoms with Crippen LogP contribution in [-0.4, -0.2) is 46.0 Å². The number of hydrogen-bond acceptors (Lipinski definition) is 4. The van der Waals surface area contributed by atoms with Crippen molar-refractivity contribution in [2.75, 3.05) is 26.2 Å². The smallest absolute Gasteiger partial charge is 0.214 e. The van der Waals surface area contributed by atoms with Gasteiger partial charge in [-0.3, -0.25) is 0 Å². The zero-order chi connectivity index (χ0) is 13.4. The minimum atomic E-state index is -3.12. The largest absolute Gasteiger partial charge is 0.379 e. The molecule has 1 aliphatic rings. The predicted octanol–water partition coefficient (Wildman–Crippen LogP) is 0.863. The molecule has 0 radical (unpaired) electrons. The molecule has 0 spiro atoms. The topological polar surface area (TPSA) is 67.4 Å². The first-order valence-corrected chi connectivity index (χ1v) is 8.38. The first-order chi connectivity index (χ1) is 8.52.